The van der Waals surface area contributed by atoms with Crippen molar-refractivity contribution in [2.45, 2.75) is 17.7 Å². The van der Waals surface area contributed by atoms with Gasteiger partial charge in [0.2, 0.25) is 15.9 Å². The predicted molar refractivity (Wildman–Crippen MR) is 101 cm³/mol. The molecule has 0 aromatic heterocycles. The van der Waals surface area contributed by atoms with E-state index in [1.54, 1.807) is 12.1 Å². The molecule has 1 fully saturated rings. The van der Waals surface area contributed by atoms with Gasteiger partial charge in [0.25, 0.3) is 0 Å². The number of anilines is 1. The molecule has 2 aromatic carbocycles. The number of piperidine rings is 1. The SMILES string of the molecule is O=C(Nc1ccccc1Br)C1CCN(S(=O)(=O)c2ccc(F)c(F)c2)CC1. The van der Waals surface area contributed by atoms with E-state index < -0.39 is 21.7 Å². The van der Waals surface area contributed by atoms with E-state index in [0.29, 0.717) is 24.6 Å². The largest absolute Gasteiger partial charge is 0.325 e. The molecule has 0 bridgehead atoms. The van der Waals surface area contributed by atoms with Crippen LogP contribution in [0, 0.1) is 17.6 Å². The van der Waals surface area contributed by atoms with Crippen molar-refractivity contribution in [3.8, 4) is 0 Å². The van der Waals surface area contributed by atoms with E-state index in [9.17, 15) is 22.0 Å². The Balaban J connectivity index is 1.65. The molecule has 0 atom stereocenters. The smallest absolute Gasteiger partial charge is 0.243 e. The van der Waals surface area contributed by atoms with Crippen molar-refractivity contribution >= 4 is 37.5 Å². The molecule has 1 heterocycles. The number of nitrogens with zero attached hydrogens (tertiary/aromatic N) is 1. The van der Waals surface area contributed by atoms with E-state index in [4.69, 9.17) is 0 Å². The second-order valence-corrected chi connectivity index (χ2v) is 9.02. The van der Waals surface area contributed by atoms with Crippen LogP contribution in [0.25, 0.3) is 0 Å². The minimum atomic E-state index is -3.93. The fourth-order valence-electron chi connectivity index (χ4n) is 2.94. The average Bonchev–Trinajstić information content (AvgIpc) is 2.65. The Morgan fingerprint density at radius 2 is 1.74 bits per heavy atom. The van der Waals surface area contributed by atoms with Crippen molar-refractivity contribution in [3.05, 3.63) is 58.6 Å². The summed E-state index contributed by atoms with van der Waals surface area (Å²) >= 11 is 3.36. The summed E-state index contributed by atoms with van der Waals surface area (Å²) in [5.41, 5.74) is 0.652. The number of rotatable bonds is 4. The van der Waals surface area contributed by atoms with Gasteiger partial charge in [-0.1, -0.05) is 12.1 Å². The number of carbonyl (C=O) groups excluding carboxylic acids is 1. The van der Waals surface area contributed by atoms with Gasteiger partial charge in [0.05, 0.1) is 10.6 Å². The summed E-state index contributed by atoms with van der Waals surface area (Å²) in [4.78, 5) is 12.1. The first-order chi connectivity index (χ1) is 12.8. The van der Waals surface area contributed by atoms with Gasteiger partial charge >= 0.3 is 0 Å². The first kappa shape index (κ1) is 19.9. The number of benzene rings is 2. The molecule has 1 amide bonds. The van der Waals surface area contributed by atoms with Crippen LogP contribution in [0.15, 0.2) is 51.8 Å². The monoisotopic (exact) mass is 458 g/mol. The molecule has 1 aliphatic rings. The number of hydrogen-bond acceptors (Lipinski definition) is 3. The molecule has 2 aromatic rings. The van der Waals surface area contributed by atoms with Crippen LogP contribution in [-0.2, 0) is 14.8 Å². The van der Waals surface area contributed by atoms with Crippen molar-refractivity contribution in [2.75, 3.05) is 18.4 Å². The summed E-state index contributed by atoms with van der Waals surface area (Å²) in [6.07, 6.45) is 0.693. The lowest BCUT2D eigenvalue weighted by atomic mass is 9.97. The van der Waals surface area contributed by atoms with Gasteiger partial charge in [0, 0.05) is 23.5 Å². The number of carbonyl (C=O) groups is 1. The molecule has 1 N–H and O–H groups in total. The zero-order valence-electron chi connectivity index (χ0n) is 14.2. The normalized spacial score (nSPS) is 16.3. The van der Waals surface area contributed by atoms with Crippen molar-refractivity contribution in [1.82, 2.24) is 4.31 Å². The molecule has 27 heavy (non-hydrogen) atoms. The zero-order chi connectivity index (χ0) is 19.6. The molecule has 0 spiro atoms. The highest BCUT2D eigenvalue weighted by molar-refractivity contribution is 9.10. The van der Waals surface area contributed by atoms with E-state index >= 15 is 0 Å². The summed E-state index contributed by atoms with van der Waals surface area (Å²) in [6, 6.07) is 9.73. The Labute approximate surface area is 164 Å². The van der Waals surface area contributed by atoms with Gasteiger partial charge in [0.15, 0.2) is 11.6 Å². The number of para-hydroxylation sites is 1. The van der Waals surface area contributed by atoms with Crippen molar-refractivity contribution in [2.24, 2.45) is 5.92 Å². The van der Waals surface area contributed by atoms with Gasteiger partial charge in [-0.3, -0.25) is 4.79 Å². The Morgan fingerprint density at radius 3 is 2.37 bits per heavy atom. The number of nitrogens with one attached hydrogen (secondary N) is 1. The molecule has 0 unspecified atom stereocenters. The minimum absolute atomic E-state index is 0.134. The van der Waals surface area contributed by atoms with Crippen LogP contribution in [0.5, 0.6) is 0 Å². The molecule has 3 rings (SSSR count). The quantitative estimate of drug-likeness (QED) is 0.758. The summed E-state index contributed by atoms with van der Waals surface area (Å²) in [6.45, 7) is 0.269. The lowest BCUT2D eigenvalue weighted by Crippen LogP contribution is -2.41. The van der Waals surface area contributed by atoms with Crippen molar-refractivity contribution < 1.29 is 22.0 Å². The molecule has 1 aliphatic heterocycles. The topological polar surface area (TPSA) is 66.5 Å². The lowest BCUT2D eigenvalue weighted by molar-refractivity contribution is -0.120. The van der Waals surface area contributed by atoms with Crippen LogP contribution in [0.4, 0.5) is 14.5 Å². The first-order valence-corrected chi connectivity index (χ1v) is 10.5. The molecule has 144 valence electrons. The van der Waals surface area contributed by atoms with Gasteiger partial charge in [-0.2, -0.15) is 4.31 Å². The Morgan fingerprint density at radius 1 is 1.07 bits per heavy atom. The van der Waals surface area contributed by atoms with Crippen LogP contribution < -0.4 is 5.32 Å². The van der Waals surface area contributed by atoms with E-state index in [2.05, 4.69) is 21.2 Å². The maximum atomic E-state index is 13.4. The summed E-state index contributed by atoms with van der Waals surface area (Å²) < 4.78 is 53.6. The zero-order valence-corrected chi connectivity index (χ0v) is 16.6. The Hall–Kier alpha value is -1.84. The molecule has 0 aliphatic carbocycles. The number of halogens is 3. The minimum Gasteiger partial charge on any atom is -0.325 e. The number of hydrogen-bond donors (Lipinski definition) is 1. The van der Waals surface area contributed by atoms with Gasteiger partial charge in [-0.05, 0) is 59.1 Å². The van der Waals surface area contributed by atoms with Gasteiger partial charge < -0.3 is 5.32 Å². The fourth-order valence-corrected chi connectivity index (χ4v) is 4.81. The molecule has 1 saturated heterocycles. The van der Waals surface area contributed by atoms with E-state index in [1.807, 2.05) is 12.1 Å². The number of sulfonamides is 1. The van der Waals surface area contributed by atoms with Crippen LogP contribution in [0.1, 0.15) is 12.8 Å². The van der Waals surface area contributed by atoms with Crippen LogP contribution in [-0.4, -0.2) is 31.7 Å². The van der Waals surface area contributed by atoms with Crippen molar-refractivity contribution in [3.63, 3.8) is 0 Å². The van der Waals surface area contributed by atoms with E-state index in [0.717, 1.165) is 16.6 Å². The molecule has 5 nitrogen and oxygen atoms in total. The number of amides is 1. The Bertz CT molecular complexity index is 961. The van der Waals surface area contributed by atoms with Crippen LogP contribution >= 0.6 is 15.9 Å². The van der Waals surface area contributed by atoms with Crippen LogP contribution in [0.3, 0.4) is 0 Å². The highest BCUT2D eigenvalue weighted by Gasteiger charge is 2.32. The second kappa shape index (κ2) is 8.04. The maximum absolute atomic E-state index is 13.4. The van der Waals surface area contributed by atoms with Gasteiger partial charge in [0.1, 0.15) is 0 Å². The fraction of sp³-hybridized carbons (Fsp3) is 0.278. The van der Waals surface area contributed by atoms with E-state index in [-0.39, 0.29) is 29.8 Å². The molecular weight excluding hydrogens is 442 g/mol. The summed E-state index contributed by atoms with van der Waals surface area (Å²) in [7, 11) is -3.93. The Kier molecular flexibility index (Phi) is 5.92. The van der Waals surface area contributed by atoms with Gasteiger partial charge in [-0.25, -0.2) is 17.2 Å². The highest BCUT2D eigenvalue weighted by Crippen LogP contribution is 2.27. The standard InChI is InChI=1S/C18H17BrF2N2O3S/c19-14-3-1-2-4-17(14)22-18(24)12-7-9-23(10-8-12)27(25,26)13-5-6-15(20)16(21)11-13/h1-6,11-12H,7-10H2,(H,22,24). The lowest BCUT2D eigenvalue weighted by Gasteiger charge is -2.30. The van der Waals surface area contributed by atoms with Crippen molar-refractivity contribution in [1.29, 1.82) is 0 Å². The average molecular weight is 459 g/mol. The molecule has 0 radical (unpaired) electrons. The summed E-state index contributed by atoms with van der Waals surface area (Å²) in [5.74, 6) is -2.81. The first-order valence-electron chi connectivity index (χ1n) is 8.29. The third kappa shape index (κ3) is 4.36. The van der Waals surface area contributed by atoms with Gasteiger partial charge in [-0.15, -0.1) is 0 Å². The summed E-state index contributed by atoms with van der Waals surface area (Å²) in [5, 5.41) is 2.83. The highest BCUT2D eigenvalue weighted by atomic mass is 79.9. The van der Waals surface area contributed by atoms with E-state index in [1.165, 1.54) is 4.31 Å². The second-order valence-electron chi connectivity index (χ2n) is 6.22. The molecular formula is C18H17BrF2N2O3S. The molecule has 9 heteroatoms. The third-order valence-corrected chi connectivity index (χ3v) is 7.07. The van der Waals surface area contributed by atoms with Crippen LogP contribution in [0.2, 0.25) is 0 Å². The third-order valence-electron chi connectivity index (χ3n) is 4.49. The predicted octanol–water partition coefficient (Wildman–Crippen LogP) is 3.77. The molecule has 0 saturated carbocycles. The maximum Gasteiger partial charge on any atom is 0.243 e.